The van der Waals surface area contributed by atoms with Gasteiger partial charge in [0.1, 0.15) is 5.69 Å². The highest BCUT2D eigenvalue weighted by Gasteiger charge is 2.32. The molecule has 2 N–H and O–H groups in total. The van der Waals surface area contributed by atoms with Crippen LogP contribution < -0.4 is 5.32 Å². The molecule has 0 amide bonds. The van der Waals surface area contributed by atoms with Crippen molar-refractivity contribution in [1.82, 2.24) is 20.3 Å². The highest BCUT2D eigenvalue weighted by Crippen LogP contribution is 2.24. The van der Waals surface area contributed by atoms with Gasteiger partial charge in [0.25, 0.3) is 0 Å². The van der Waals surface area contributed by atoms with Crippen LogP contribution in [-0.2, 0) is 16.1 Å². The van der Waals surface area contributed by atoms with E-state index in [-0.39, 0.29) is 12.6 Å². The third-order valence-electron chi connectivity index (χ3n) is 2.68. The molecule has 0 aliphatic heterocycles. The predicted octanol–water partition coefficient (Wildman–Crippen LogP) is -0.373. The Morgan fingerprint density at radius 3 is 3.11 bits per heavy atom. The maximum atomic E-state index is 11.9. The topological polar surface area (TPSA) is 89.3 Å². The zero-order chi connectivity index (χ0) is 13.0. The third kappa shape index (κ3) is 3.27. The second-order valence-corrected chi connectivity index (χ2v) is 4.26. The molecule has 0 spiro atoms. The molecule has 100 valence electrons. The summed E-state index contributed by atoms with van der Waals surface area (Å²) >= 11 is 0. The summed E-state index contributed by atoms with van der Waals surface area (Å²) < 4.78 is 6.54. The van der Waals surface area contributed by atoms with Crippen LogP contribution in [0.2, 0.25) is 0 Å². The van der Waals surface area contributed by atoms with Gasteiger partial charge in [-0.25, -0.2) is 9.48 Å². The first kappa shape index (κ1) is 13.0. The lowest BCUT2D eigenvalue weighted by molar-refractivity contribution is -0.146. The van der Waals surface area contributed by atoms with Gasteiger partial charge in [0.15, 0.2) is 6.04 Å². The lowest BCUT2D eigenvalue weighted by Gasteiger charge is -2.14. The number of nitrogens with one attached hydrogen (secondary N) is 1. The summed E-state index contributed by atoms with van der Waals surface area (Å²) in [6, 6.07) is -0.202. The van der Waals surface area contributed by atoms with E-state index in [4.69, 9.17) is 9.84 Å². The van der Waals surface area contributed by atoms with Crippen LogP contribution in [0.25, 0.3) is 0 Å². The van der Waals surface area contributed by atoms with Gasteiger partial charge in [-0.15, -0.1) is 5.10 Å². The maximum absolute atomic E-state index is 11.9. The van der Waals surface area contributed by atoms with Crippen LogP contribution in [0.1, 0.15) is 31.5 Å². The Bertz CT molecular complexity index is 403. The molecule has 0 aromatic carbocycles. The Balaban J connectivity index is 2.07. The molecule has 1 saturated carbocycles. The number of ether oxygens (including phenoxy) is 1. The van der Waals surface area contributed by atoms with E-state index in [1.54, 1.807) is 13.1 Å². The van der Waals surface area contributed by atoms with Crippen molar-refractivity contribution < 1.29 is 14.6 Å². The number of aliphatic hydroxyl groups is 1. The largest absolute Gasteiger partial charge is 0.465 e. The minimum Gasteiger partial charge on any atom is -0.465 e. The van der Waals surface area contributed by atoms with Crippen molar-refractivity contribution in [2.45, 2.75) is 38.4 Å². The van der Waals surface area contributed by atoms with Gasteiger partial charge in [-0.2, -0.15) is 0 Å². The molecule has 1 heterocycles. The lowest BCUT2D eigenvalue weighted by atomic mass is 10.2. The van der Waals surface area contributed by atoms with Gasteiger partial charge >= 0.3 is 5.97 Å². The minimum absolute atomic E-state index is 0.0110. The van der Waals surface area contributed by atoms with Crippen molar-refractivity contribution in [2.75, 3.05) is 13.2 Å². The van der Waals surface area contributed by atoms with E-state index in [2.05, 4.69) is 15.6 Å². The maximum Gasteiger partial charge on any atom is 0.329 e. The fourth-order valence-electron chi connectivity index (χ4n) is 1.64. The van der Waals surface area contributed by atoms with E-state index in [1.165, 1.54) is 4.68 Å². The van der Waals surface area contributed by atoms with Crippen LogP contribution in [0.4, 0.5) is 0 Å². The first-order valence-electron chi connectivity index (χ1n) is 6.18. The van der Waals surface area contributed by atoms with Gasteiger partial charge in [0, 0.05) is 6.04 Å². The minimum atomic E-state index is -0.565. The van der Waals surface area contributed by atoms with E-state index in [9.17, 15) is 4.79 Å². The van der Waals surface area contributed by atoms with E-state index >= 15 is 0 Å². The number of aromatic nitrogens is 3. The van der Waals surface area contributed by atoms with Gasteiger partial charge in [0.2, 0.25) is 0 Å². The predicted molar refractivity (Wildman–Crippen MR) is 62.6 cm³/mol. The summed E-state index contributed by atoms with van der Waals surface area (Å²) in [7, 11) is 0. The smallest absolute Gasteiger partial charge is 0.329 e. The van der Waals surface area contributed by atoms with Crippen LogP contribution in [0.15, 0.2) is 6.20 Å². The van der Waals surface area contributed by atoms with Crippen LogP contribution in [-0.4, -0.2) is 45.3 Å². The molecule has 1 aliphatic carbocycles. The van der Waals surface area contributed by atoms with Gasteiger partial charge < -0.3 is 9.84 Å². The number of hydrogen-bond acceptors (Lipinski definition) is 6. The van der Waals surface area contributed by atoms with E-state index in [0.29, 0.717) is 24.9 Å². The average Bonchev–Trinajstić information content (AvgIpc) is 3.06. The Morgan fingerprint density at radius 1 is 1.72 bits per heavy atom. The molecule has 0 saturated heterocycles. The third-order valence-corrected chi connectivity index (χ3v) is 2.68. The normalized spacial score (nSPS) is 16.6. The summed E-state index contributed by atoms with van der Waals surface area (Å²) in [4.78, 5) is 11.9. The van der Waals surface area contributed by atoms with Crippen LogP contribution in [0.5, 0.6) is 0 Å². The van der Waals surface area contributed by atoms with Crippen molar-refractivity contribution in [3.63, 3.8) is 0 Å². The van der Waals surface area contributed by atoms with Crippen LogP contribution in [0.3, 0.4) is 0 Å². The van der Waals surface area contributed by atoms with Gasteiger partial charge in [0.05, 0.1) is 26.0 Å². The molecule has 0 radical (unpaired) electrons. The fourth-order valence-corrected chi connectivity index (χ4v) is 1.64. The number of rotatable bonds is 7. The van der Waals surface area contributed by atoms with Crippen molar-refractivity contribution in [3.8, 4) is 0 Å². The molecular formula is C11H18N4O3. The van der Waals surface area contributed by atoms with E-state index < -0.39 is 6.04 Å². The molecule has 7 nitrogen and oxygen atoms in total. The molecule has 2 rings (SSSR count). The average molecular weight is 254 g/mol. The number of aliphatic hydroxyl groups excluding tert-OH is 1. The highest BCUT2D eigenvalue weighted by atomic mass is 16.5. The second kappa shape index (κ2) is 5.92. The molecule has 1 fully saturated rings. The van der Waals surface area contributed by atoms with Crippen molar-refractivity contribution in [2.24, 2.45) is 0 Å². The second-order valence-electron chi connectivity index (χ2n) is 4.26. The Morgan fingerprint density at radius 2 is 2.50 bits per heavy atom. The van der Waals surface area contributed by atoms with E-state index in [0.717, 1.165) is 12.8 Å². The number of hydrogen-bond donors (Lipinski definition) is 2. The molecule has 7 heteroatoms. The molecule has 1 aromatic heterocycles. The number of carbonyl (C=O) groups excluding carboxylic acids is 1. The molecular weight excluding hydrogens is 236 g/mol. The molecule has 1 atom stereocenters. The van der Waals surface area contributed by atoms with Crippen molar-refractivity contribution >= 4 is 5.97 Å². The summed E-state index contributed by atoms with van der Waals surface area (Å²) in [6.07, 6.45) is 3.80. The summed E-state index contributed by atoms with van der Waals surface area (Å²) in [5, 5.41) is 19.8. The number of carbonyl (C=O) groups is 1. The van der Waals surface area contributed by atoms with Crippen LogP contribution in [0, 0.1) is 0 Å². The first-order chi connectivity index (χ1) is 8.74. The molecule has 18 heavy (non-hydrogen) atoms. The van der Waals surface area contributed by atoms with Gasteiger partial charge in [-0.3, -0.25) is 5.32 Å². The zero-order valence-electron chi connectivity index (χ0n) is 10.4. The molecule has 1 aliphatic rings. The quantitative estimate of drug-likeness (QED) is 0.645. The standard InChI is InChI=1S/C11H18N4O3/c1-2-18-11(17)10(12-8-3-4-8)9-7-15(5-6-16)14-13-9/h7-8,10,12,16H,2-6H2,1H3. The van der Waals surface area contributed by atoms with Gasteiger partial charge in [-0.05, 0) is 19.8 Å². The molecule has 0 bridgehead atoms. The molecule has 1 unspecified atom stereocenters. The van der Waals surface area contributed by atoms with Crippen molar-refractivity contribution in [3.05, 3.63) is 11.9 Å². The Hall–Kier alpha value is -1.47. The van der Waals surface area contributed by atoms with Crippen LogP contribution >= 0.6 is 0 Å². The highest BCUT2D eigenvalue weighted by molar-refractivity contribution is 5.77. The SMILES string of the molecule is CCOC(=O)C(NC1CC1)c1cn(CCO)nn1. The van der Waals surface area contributed by atoms with Crippen molar-refractivity contribution in [1.29, 1.82) is 0 Å². The first-order valence-corrected chi connectivity index (χ1v) is 6.18. The monoisotopic (exact) mass is 254 g/mol. The Kier molecular flexibility index (Phi) is 4.27. The summed E-state index contributed by atoms with van der Waals surface area (Å²) in [5.41, 5.74) is 0.536. The summed E-state index contributed by atoms with van der Waals surface area (Å²) in [6.45, 7) is 2.47. The zero-order valence-corrected chi connectivity index (χ0v) is 10.4. The lowest BCUT2D eigenvalue weighted by Crippen LogP contribution is -2.32. The van der Waals surface area contributed by atoms with Gasteiger partial charge in [-0.1, -0.05) is 5.21 Å². The number of nitrogens with zero attached hydrogens (tertiary/aromatic N) is 3. The molecule has 1 aromatic rings. The Labute approximate surface area is 105 Å². The number of esters is 1. The van der Waals surface area contributed by atoms with E-state index in [1.807, 2.05) is 0 Å². The fraction of sp³-hybridized carbons (Fsp3) is 0.727. The summed E-state index contributed by atoms with van der Waals surface area (Å²) in [5.74, 6) is -0.333.